The molecule has 0 spiro atoms. The van der Waals surface area contributed by atoms with E-state index in [9.17, 15) is 0 Å². The summed E-state index contributed by atoms with van der Waals surface area (Å²) >= 11 is 0. The number of hydrogen-bond donors (Lipinski definition) is 1. The molecule has 0 bridgehead atoms. The number of rotatable bonds is 2. The first-order valence-electron chi connectivity index (χ1n) is 5.61. The standard InChI is InChI=1S/C11H20N3/c1-3-11-13(2)8-9-14(11)10-6-4-5-7-12-10/h8-10,12H,3-7H2,1-2H3/q+1. The minimum absolute atomic E-state index is 0.528. The van der Waals surface area contributed by atoms with E-state index in [1.54, 1.807) is 0 Å². The number of nitrogens with zero attached hydrogens (tertiary/aromatic N) is 2. The summed E-state index contributed by atoms with van der Waals surface area (Å²) in [6.07, 6.45) is 9.91. The van der Waals surface area contributed by atoms with E-state index in [0.717, 1.165) is 13.0 Å². The van der Waals surface area contributed by atoms with Crippen LogP contribution in [0.2, 0.25) is 0 Å². The van der Waals surface area contributed by atoms with Gasteiger partial charge in [-0.2, -0.15) is 0 Å². The molecule has 0 aromatic carbocycles. The molecule has 78 valence electrons. The second-order valence-corrected chi connectivity index (χ2v) is 4.05. The van der Waals surface area contributed by atoms with Gasteiger partial charge in [-0.3, -0.25) is 5.32 Å². The Labute approximate surface area is 85.7 Å². The fourth-order valence-corrected chi connectivity index (χ4v) is 2.31. The third-order valence-corrected chi connectivity index (χ3v) is 3.09. The molecule has 1 aliphatic rings. The molecule has 1 aromatic rings. The highest BCUT2D eigenvalue weighted by molar-refractivity contribution is 4.88. The molecule has 1 N–H and O–H groups in total. The third-order valence-electron chi connectivity index (χ3n) is 3.09. The van der Waals surface area contributed by atoms with Gasteiger partial charge in [0.05, 0.1) is 7.05 Å². The van der Waals surface area contributed by atoms with Crippen molar-refractivity contribution in [3.63, 3.8) is 0 Å². The Balaban J connectivity index is 2.21. The lowest BCUT2D eigenvalue weighted by Crippen LogP contribution is -2.37. The average molecular weight is 194 g/mol. The summed E-state index contributed by atoms with van der Waals surface area (Å²) < 4.78 is 4.61. The summed E-state index contributed by atoms with van der Waals surface area (Å²) in [5.74, 6) is 1.41. The van der Waals surface area contributed by atoms with Crippen molar-refractivity contribution in [1.29, 1.82) is 0 Å². The molecule has 1 aromatic heterocycles. The first-order chi connectivity index (χ1) is 6.83. The van der Waals surface area contributed by atoms with Crippen molar-refractivity contribution >= 4 is 0 Å². The average Bonchev–Trinajstić information content (AvgIpc) is 2.61. The zero-order chi connectivity index (χ0) is 9.97. The summed E-state index contributed by atoms with van der Waals surface area (Å²) in [4.78, 5) is 0. The Morgan fingerprint density at radius 1 is 1.57 bits per heavy atom. The Morgan fingerprint density at radius 2 is 2.43 bits per heavy atom. The molecule has 0 amide bonds. The van der Waals surface area contributed by atoms with E-state index in [0.29, 0.717) is 6.17 Å². The van der Waals surface area contributed by atoms with Crippen LogP contribution in [0.1, 0.15) is 38.2 Å². The highest BCUT2D eigenvalue weighted by atomic mass is 15.2. The summed E-state index contributed by atoms with van der Waals surface area (Å²) in [6.45, 7) is 3.38. The van der Waals surface area contributed by atoms with Crippen LogP contribution in [0.3, 0.4) is 0 Å². The van der Waals surface area contributed by atoms with Gasteiger partial charge >= 0.3 is 0 Å². The van der Waals surface area contributed by atoms with Crippen LogP contribution in [0, 0.1) is 0 Å². The van der Waals surface area contributed by atoms with Gasteiger partial charge < -0.3 is 0 Å². The van der Waals surface area contributed by atoms with Crippen LogP contribution in [0.15, 0.2) is 12.4 Å². The summed E-state index contributed by atoms with van der Waals surface area (Å²) in [5.41, 5.74) is 0. The first kappa shape index (κ1) is 9.71. The number of hydrogen-bond acceptors (Lipinski definition) is 1. The molecular formula is C11H20N3+. The SMILES string of the molecule is CCc1n(C2CCCCN2)cc[n+]1C. The minimum Gasteiger partial charge on any atom is -0.279 e. The predicted molar refractivity (Wildman–Crippen MR) is 55.9 cm³/mol. The lowest BCUT2D eigenvalue weighted by atomic mass is 10.1. The molecule has 14 heavy (non-hydrogen) atoms. The zero-order valence-electron chi connectivity index (χ0n) is 9.16. The monoisotopic (exact) mass is 194 g/mol. The largest absolute Gasteiger partial charge is 0.279 e. The van der Waals surface area contributed by atoms with Crippen LogP contribution >= 0.6 is 0 Å². The van der Waals surface area contributed by atoms with Crippen molar-refractivity contribution in [2.45, 2.75) is 38.8 Å². The van der Waals surface area contributed by atoms with Crippen LogP contribution in [-0.2, 0) is 13.5 Å². The van der Waals surface area contributed by atoms with Gasteiger partial charge in [-0.1, -0.05) is 6.92 Å². The molecule has 1 aliphatic heterocycles. The second-order valence-electron chi connectivity index (χ2n) is 4.05. The molecule has 0 saturated carbocycles. The number of piperidine rings is 1. The highest BCUT2D eigenvalue weighted by Gasteiger charge is 2.22. The maximum Gasteiger partial charge on any atom is 0.257 e. The molecule has 0 aliphatic carbocycles. The van der Waals surface area contributed by atoms with E-state index in [2.05, 4.69) is 40.8 Å². The molecule has 0 radical (unpaired) electrons. The second kappa shape index (κ2) is 4.13. The van der Waals surface area contributed by atoms with Gasteiger partial charge in [-0.25, -0.2) is 9.13 Å². The van der Waals surface area contributed by atoms with Crippen molar-refractivity contribution in [1.82, 2.24) is 9.88 Å². The maximum absolute atomic E-state index is 3.57. The van der Waals surface area contributed by atoms with Crippen molar-refractivity contribution in [2.75, 3.05) is 6.54 Å². The van der Waals surface area contributed by atoms with Crippen molar-refractivity contribution in [3.8, 4) is 0 Å². The van der Waals surface area contributed by atoms with E-state index >= 15 is 0 Å². The minimum atomic E-state index is 0.528. The zero-order valence-corrected chi connectivity index (χ0v) is 9.16. The molecule has 3 nitrogen and oxygen atoms in total. The topological polar surface area (TPSA) is 20.8 Å². The lowest BCUT2D eigenvalue weighted by Gasteiger charge is -2.21. The number of imidazole rings is 1. The Bertz CT molecular complexity index is 297. The van der Waals surface area contributed by atoms with Gasteiger partial charge in [0.2, 0.25) is 0 Å². The predicted octanol–water partition coefficient (Wildman–Crippen LogP) is 1.15. The number of aryl methyl sites for hydroxylation is 1. The van der Waals surface area contributed by atoms with Gasteiger partial charge in [-0.15, -0.1) is 0 Å². The van der Waals surface area contributed by atoms with Gasteiger partial charge in [-0.05, 0) is 19.4 Å². The highest BCUT2D eigenvalue weighted by Crippen LogP contribution is 2.17. The number of nitrogens with one attached hydrogen (secondary N) is 1. The molecule has 1 atom stereocenters. The number of aromatic nitrogens is 2. The van der Waals surface area contributed by atoms with E-state index in [1.165, 1.54) is 25.1 Å². The van der Waals surface area contributed by atoms with Crippen LogP contribution in [0.25, 0.3) is 0 Å². The quantitative estimate of drug-likeness (QED) is 0.700. The lowest BCUT2D eigenvalue weighted by molar-refractivity contribution is -0.678. The normalized spacial score (nSPS) is 22.6. The molecule has 2 rings (SSSR count). The van der Waals surface area contributed by atoms with E-state index in [-0.39, 0.29) is 0 Å². The molecule has 1 saturated heterocycles. The third kappa shape index (κ3) is 1.69. The Morgan fingerprint density at radius 3 is 3.07 bits per heavy atom. The molecular weight excluding hydrogens is 174 g/mol. The molecule has 2 heterocycles. The van der Waals surface area contributed by atoms with Gasteiger partial charge in [0, 0.05) is 12.8 Å². The fraction of sp³-hybridized carbons (Fsp3) is 0.727. The smallest absolute Gasteiger partial charge is 0.257 e. The van der Waals surface area contributed by atoms with Crippen LogP contribution in [-0.4, -0.2) is 11.1 Å². The van der Waals surface area contributed by atoms with Crippen molar-refractivity contribution in [2.24, 2.45) is 7.05 Å². The van der Waals surface area contributed by atoms with Crippen molar-refractivity contribution < 1.29 is 4.57 Å². The van der Waals surface area contributed by atoms with E-state index < -0.39 is 0 Å². The molecule has 1 fully saturated rings. The van der Waals surface area contributed by atoms with Crippen molar-refractivity contribution in [3.05, 3.63) is 18.2 Å². The van der Waals surface area contributed by atoms with Gasteiger partial charge in [0.25, 0.3) is 5.82 Å². The van der Waals surface area contributed by atoms with Gasteiger partial charge in [0.1, 0.15) is 12.4 Å². The summed E-state index contributed by atoms with van der Waals surface area (Å²) in [7, 11) is 2.12. The maximum atomic E-state index is 3.57. The van der Waals surface area contributed by atoms with E-state index in [1.807, 2.05) is 0 Å². The van der Waals surface area contributed by atoms with Crippen LogP contribution < -0.4 is 9.88 Å². The fourth-order valence-electron chi connectivity index (χ4n) is 2.31. The Kier molecular flexibility index (Phi) is 2.87. The Hall–Kier alpha value is -0.830. The van der Waals surface area contributed by atoms with Crippen LogP contribution in [0.4, 0.5) is 0 Å². The molecule has 1 unspecified atom stereocenters. The molecule has 3 heteroatoms. The van der Waals surface area contributed by atoms with E-state index in [4.69, 9.17) is 0 Å². The summed E-state index contributed by atoms with van der Waals surface area (Å²) in [6, 6.07) is 0. The van der Waals surface area contributed by atoms with Crippen LogP contribution in [0.5, 0.6) is 0 Å². The first-order valence-corrected chi connectivity index (χ1v) is 5.61. The van der Waals surface area contributed by atoms with Gasteiger partial charge in [0.15, 0.2) is 6.17 Å². The summed E-state index contributed by atoms with van der Waals surface area (Å²) in [5, 5.41) is 3.57.